The predicted octanol–water partition coefficient (Wildman–Crippen LogP) is 4.15. The van der Waals surface area contributed by atoms with Crippen LogP contribution >= 0.6 is 11.8 Å². The molecule has 0 aromatic carbocycles. The first kappa shape index (κ1) is 12.8. The lowest BCUT2D eigenvalue weighted by Crippen LogP contribution is -2.19. The van der Waals surface area contributed by atoms with E-state index in [0.29, 0.717) is 0 Å². The summed E-state index contributed by atoms with van der Waals surface area (Å²) in [7, 11) is 0. The third-order valence-corrected chi connectivity index (χ3v) is 3.83. The van der Waals surface area contributed by atoms with Crippen LogP contribution in [-0.4, -0.2) is 18.0 Å². The highest BCUT2D eigenvalue weighted by molar-refractivity contribution is 8.03. The monoisotopic (exact) mass is 225 g/mol. The molecule has 86 valence electrons. The van der Waals surface area contributed by atoms with Gasteiger partial charge in [0.15, 0.2) is 0 Å². The Hall–Kier alpha value is -0.240. The number of aliphatic imine (C=N–C) groups is 1. The van der Waals surface area contributed by atoms with Gasteiger partial charge < -0.3 is 0 Å². The van der Waals surface area contributed by atoms with Crippen LogP contribution in [0, 0.1) is 10.8 Å². The summed E-state index contributed by atoms with van der Waals surface area (Å²) in [5, 5.41) is 0. The van der Waals surface area contributed by atoms with Crippen LogP contribution in [0.3, 0.4) is 0 Å². The SMILES string of the molecule is CC(C)(C)C1=CC(C(C)(C)C)=NCCS1. The average Bonchev–Trinajstić information content (AvgIpc) is 2.24. The fourth-order valence-electron chi connectivity index (χ4n) is 1.42. The number of nitrogens with zero attached hydrogens (tertiary/aromatic N) is 1. The van der Waals surface area contributed by atoms with E-state index in [0.717, 1.165) is 12.3 Å². The minimum Gasteiger partial charge on any atom is -0.288 e. The van der Waals surface area contributed by atoms with Crippen molar-refractivity contribution in [3.8, 4) is 0 Å². The minimum atomic E-state index is 0.168. The molecule has 0 saturated heterocycles. The van der Waals surface area contributed by atoms with Gasteiger partial charge in [-0.25, -0.2) is 0 Å². The van der Waals surface area contributed by atoms with Crippen LogP contribution in [0.4, 0.5) is 0 Å². The summed E-state index contributed by atoms with van der Waals surface area (Å²) in [5.41, 5.74) is 1.67. The van der Waals surface area contributed by atoms with Crippen molar-refractivity contribution in [1.29, 1.82) is 0 Å². The van der Waals surface area contributed by atoms with Gasteiger partial charge in [0.1, 0.15) is 0 Å². The fraction of sp³-hybridized carbons (Fsp3) is 0.769. The molecule has 1 nitrogen and oxygen atoms in total. The highest BCUT2D eigenvalue weighted by atomic mass is 32.2. The van der Waals surface area contributed by atoms with Crippen molar-refractivity contribution in [1.82, 2.24) is 0 Å². The summed E-state index contributed by atoms with van der Waals surface area (Å²) in [6.07, 6.45) is 2.30. The van der Waals surface area contributed by atoms with Gasteiger partial charge in [-0.05, 0) is 16.4 Å². The summed E-state index contributed by atoms with van der Waals surface area (Å²) in [6.45, 7) is 14.5. The fourth-order valence-corrected chi connectivity index (χ4v) is 2.45. The van der Waals surface area contributed by atoms with E-state index in [1.165, 1.54) is 10.6 Å². The lowest BCUT2D eigenvalue weighted by Gasteiger charge is -2.24. The lowest BCUT2D eigenvalue weighted by atomic mass is 9.87. The number of thioether (sulfide) groups is 1. The molecule has 0 radical (unpaired) electrons. The lowest BCUT2D eigenvalue weighted by molar-refractivity contribution is 0.532. The summed E-state index contributed by atoms with van der Waals surface area (Å²) in [6, 6.07) is 0. The molecule has 0 spiro atoms. The molecule has 0 unspecified atom stereocenters. The second kappa shape index (κ2) is 4.32. The van der Waals surface area contributed by atoms with E-state index in [9.17, 15) is 0 Å². The topological polar surface area (TPSA) is 12.4 Å². The van der Waals surface area contributed by atoms with Crippen LogP contribution in [0.2, 0.25) is 0 Å². The van der Waals surface area contributed by atoms with Crippen LogP contribution in [0.1, 0.15) is 41.5 Å². The van der Waals surface area contributed by atoms with Crippen LogP contribution in [0.5, 0.6) is 0 Å². The Bertz CT molecular complexity index is 287. The van der Waals surface area contributed by atoms with E-state index in [2.05, 4.69) is 52.6 Å². The van der Waals surface area contributed by atoms with Gasteiger partial charge in [-0.3, -0.25) is 4.99 Å². The van der Waals surface area contributed by atoms with Gasteiger partial charge in [-0.2, -0.15) is 0 Å². The average molecular weight is 225 g/mol. The van der Waals surface area contributed by atoms with Crippen molar-refractivity contribution in [2.75, 3.05) is 12.3 Å². The zero-order valence-electron chi connectivity index (χ0n) is 10.8. The van der Waals surface area contributed by atoms with Crippen molar-refractivity contribution in [2.24, 2.45) is 15.8 Å². The first-order valence-corrected chi connectivity index (χ1v) is 6.60. The molecule has 0 fully saturated rings. The minimum absolute atomic E-state index is 0.168. The van der Waals surface area contributed by atoms with E-state index in [1.54, 1.807) is 0 Å². The Labute approximate surface area is 98.4 Å². The Morgan fingerprint density at radius 2 is 1.67 bits per heavy atom. The predicted molar refractivity (Wildman–Crippen MR) is 71.8 cm³/mol. The molecule has 0 N–H and O–H groups in total. The number of allylic oxidation sites excluding steroid dienone is 2. The highest BCUT2D eigenvalue weighted by Crippen LogP contribution is 2.37. The maximum Gasteiger partial charge on any atom is 0.0486 e. The molecule has 1 rings (SSSR count). The maximum absolute atomic E-state index is 4.68. The molecule has 1 heterocycles. The standard InChI is InChI=1S/C13H23NS/c1-12(2,3)10-9-11(13(4,5)6)15-8-7-14-10/h9H,7-8H2,1-6H3. The molecule has 0 saturated carbocycles. The normalized spacial score (nSPS) is 19.3. The van der Waals surface area contributed by atoms with Crippen LogP contribution in [0.25, 0.3) is 0 Å². The third kappa shape index (κ3) is 3.67. The number of hydrogen-bond donors (Lipinski definition) is 0. The summed E-state index contributed by atoms with van der Waals surface area (Å²) >= 11 is 1.96. The molecule has 0 amide bonds. The molecule has 0 aliphatic carbocycles. The smallest absolute Gasteiger partial charge is 0.0486 e. The van der Waals surface area contributed by atoms with Gasteiger partial charge in [-0.15, -0.1) is 11.8 Å². The van der Waals surface area contributed by atoms with Crippen LogP contribution < -0.4 is 0 Å². The molecule has 0 aromatic heterocycles. The first-order valence-electron chi connectivity index (χ1n) is 5.61. The molecule has 0 aromatic rings. The highest BCUT2D eigenvalue weighted by Gasteiger charge is 2.24. The van der Waals surface area contributed by atoms with Crippen molar-refractivity contribution in [3.05, 3.63) is 11.0 Å². The molecule has 2 heteroatoms. The molecular weight excluding hydrogens is 202 g/mol. The number of hydrogen-bond acceptors (Lipinski definition) is 2. The van der Waals surface area contributed by atoms with Gasteiger partial charge in [-0.1, -0.05) is 41.5 Å². The quantitative estimate of drug-likeness (QED) is 0.603. The van der Waals surface area contributed by atoms with Crippen molar-refractivity contribution in [3.63, 3.8) is 0 Å². The van der Waals surface area contributed by atoms with Crippen LogP contribution in [-0.2, 0) is 0 Å². The maximum atomic E-state index is 4.68. The Kier molecular flexibility index (Phi) is 3.70. The van der Waals surface area contributed by atoms with E-state index < -0.39 is 0 Å². The second-order valence-corrected chi connectivity index (χ2v) is 7.26. The van der Waals surface area contributed by atoms with Gasteiger partial charge in [0.25, 0.3) is 0 Å². The third-order valence-electron chi connectivity index (χ3n) is 2.41. The molecule has 0 atom stereocenters. The molecule has 15 heavy (non-hydrogen) atoms. The molecular formula is C13H23NS. The van der Waals surface area contributed by atoms with Crippen molar-refractivity contribution in [2.45, 2.75) is 41.5 Å². The molecule has 1 aliphatic heterocycles. The molecule has 1 aliphatic rings. The summed E-state index contributed by atoms with van der Waals surface area (Å²) in [5.74, 6) is 1.11. The Morgan fingerprint density at radius 3 is 2.13 bits per heavy atom. The Morgan fingerprint density at radius 1 is 1.07 bits per heavy atom. The summed E-state index contributed by atoms with van der Waals surface area (Å²) < 4.78 is 0. The summed E-state index contributed by atoms with van der Waals surface area (Å²) in [4.78, 5) is 6.14. The largest absolute Gasteiger partial charge is 0.288 e. The van der Waals surface area contributed by atoms with E-state index in [1.807, 2.05) is 11.8 Å². The zero-order valence-corrected chi connectivity index (χ0v) is 11.7. The van der Waals surface area contributed by atoms with Crippen molar-refractivity contribution < 1.29 is 0 Å². The van der Waals surface area contributed by atoms with Crippen LogP contribution in [0.15, 0.2) is 16.0 Å². The zero-order chi connectivity index (χ0) is 11.7. The van der Waals surface area contributed by atoms with E-state index in [4.69, 9.17) is 0 Å². The first-order chi connectivity index (χ1) is 6.71. The van der Waals surface area contributed by atoms with Crippen molar-refractivity contribution >= 4 is 17.5 Å². The van der Waals surface area contributed by atoms with Gasteiger partial charge >= 0.3 is 0 Å². The van der Waals surface area contributed by atoms with Gasteiger partial charge in [0.05, 0.1) is 0 Å². The van der Waals surface area contributed by atoms with Gasteiger partial charge in [0.2, 0.25) is 0 Å². The molecule has 0 bridgehead atoms. The Balaban J connectivity index is 3.02. The number of rotatable bonds is 0. The van der Waals surface area contributed by atoms with E-state index >= 15 is 0 Å². The second-order valence-electron chi connectivity index (χ2n) is 6.12. The van der Waals surface area contributed by atoms with E-state index in [-0.39, 0.29) is 10.8 Å². The van der Waals surface area contributed by atoms with Gasteiger partial charge in [0, 0.05) is 23.4 Å².